The average molecular weight is 276 g/mol. The van der Waals surface area contributed by atoms with Gasteiger partial charge in [-0.05, 0) is 17.7 Å². The van der Waals surface area contributed by atoms with Gasteiger partial charge in [-0.1, -0.05) is 24.3 Å². The summed E-state index contributed by atoms with van der Waals surface area (Å²) in [5.41, 5.74) is 2.37. The standard InChI is InChI=1S/C16H12N4O/c21-16-15-13(12-5-1-2-6-14(12)19-15)9-18-20(16)10-11-4-3-7-17-8-11/h1-9,19H,10H2. The molecule has 0 aliphatic carbocycles. The van der Waals surface area contributed by atoms with E-state index in [1.165, 1.54) is 4.68 Å². The number of hydrogen-bond acceptors (Lipinski definition) is 3. The van der Waals surface area contributed by atoms with Gasteiger partial charge < -0.3 is 4.98 Å². The van der Waals surface area contributed by atoms with Crippen LogP contribution in [0, 0.1) is 0 Å². The summed E-state index contributed by atoms with van der Waals surface area (Å²) < 4.78 is 1.45. The van der Waals surface area contributed by atoms with Crippen molar-refractivity contribution < 1.29 is 0 Å². The molecule has 0 bridgehead atoms. The average Bonchev–Trinajstić information content (AvgIpc) is 2.91. The van der Waals surface area contributed by atoms with Gasteiger partial charge in [-0.3, -0.25) is 9.78 Å². The highest BCUT2D eigenvalue weighted by molar-refractivity contribution is 6.06. The SMILES string of the molecule is O=c1c2[nH]c3ccccc3c2cnn1Cc1cccnc1. The second-order valence-electron chi connectivity index (χ2n) is 4.93. The molecule has 0 amide bonds. The monoisotopic (exact) mass is 276 g/mol. The number of aromatic amines is 1. The zero-order chi connectivity index (χ0) is 14.2. The van der Waals surface area contributed by atoms with Crippen LogP contribution in [0.3, 0.4) is 0 Å². The van der Waals surface area contributed by atoms with Crippen molar-refractivity contribution in [2.45, 2.75) is 6.54 Å². The number of hydrogen-bond donors (Lipinski definition) is 1. The highest BCUT2D eigenvalue weighted by atomic mass is 16.1. The van der Waals surface area contributed by atoms with Gasteiger partial charge in [0.05, 0.1) is 12.7 Å². The Balaban J connectivity index is 1.90. The molecule has 0 aliphatic rings. The number of benzene rings is 1. The second kappa shape index (κ2) is 4.56. The molecule has 0 aliphatic heterocycles. The summed E-state index contributed by atoms with van der Waals surface area (Å²) in [7, 11) is 0. The molecule has 0 fully saturated rings. The molecule has 3 aromatic heterocycles. The Morgan fingerprint density at radius 1 is 1.05 bits per heavy atom. The van der Waals surface area contributed by atoms with Crippen LogP contribution in [0.4, 0.5) is 0 Å². The quantitative estimate of drug-likeness (QED) is 0.611. The number of aromatic nitrogens is 4. The normalized spacial score (nSPS) is 11.2. The van der Waals surface area contributed by atoms with Crippen molar-refractivity contribution in [1.82, 2.24) is 19.7 Å². The topological polar surface area (TPSA) is 63.6 Å². The van der Waals surface area contributed by atoms with Crippen LogP contribution in [-0.4, -0.2) is 19.7 Å². The van der Waals surface area contributed by atoms with E-state index in [1.807, 2.05) is 36.4 Å². The van der Waals surface area contributed by atoms with Crippen LogP contribution in [0.2, 0.25) is 0 Å². The van der Waals surface area contributed by atoms with Crippen molar-refractivity contribution >= 4 is 21.8 Å². The number of pyridine rings is 1. The van der Waals surface area contributed by atoms with E-state index in [-0.39, 0.29) is 5.56 Å². The van der Waals surface area contributed by atoms with Gasteiger partial charge in [0.2, 0.25) is 0 Å². The van der Waals surface area contributed by atoms with E-state index in [4.69, 9.17) is 0 Å². The molecule has 0 unspecified atom stereocenters. The molecule has 3 heterocycles. The van der Waals surface area contributed by atoms with E-state index in [2.05, 4.69) is 15.1 Å². The van der Waals surface area contributed by atoms with Gasteiger partial charge in [0, 0.05) is 28.7 Å². The van der Waals surface area contributed by atoms with Crippen molar-refractivity contribution in [3.8, 4) is 0 Å². The van der Waals surface area contributed by atoms with Gasteiger partial charge in [0.25, 0.3) is 5.56 Å². The van der Waals surface area contributed by atoms with Crippen molar-refractivity contribution in [2.75, 3.05) is 0 Å². The Kier molecular flexibility index (Phi) is 2.57. The number of H-pyrrole nitrogens is 1. The predicted octanol–water partition coefficient (Wildman–Crippen LogP) is 2.32. The Morgan fingerprint density at radius 2 is 1.95 bits per heavy atom. The lowest BCUT2D eigenvalue weighted by Gasteiger charge is -2.03. The van der Waals surface area contributed by atoms with Crippen LogP contribution in [0.25, 0.3) is 21.8 Å². The summed E-state index contributed by atoms with van der Waals surface area (Å²) in [6.07, 6.45) is 5.19. The lowest BCUT2D eigenvalue weighted by Crippen LogP contribution is -2.23. The molecule has 0 saturated heterocycles. The summed E-state index contributed by atoms with van der Waals surface area (Å²) in [6.45, 7) is 0.415. The molecule has 4 aromatic rings. The summed E-state index contributed by atoms with van der Waals surface area (Å²) >= 11 is 0. The Hall–Kier alpha value is -2.95. The molecule has 1 N–H and O–H groups in total. The molecule has 102 valence electrons. The van der Waals surface area contributed by atoms with Gasteiger partial charge in [0.15, 0.2) is 0 Å². The van der Waals surface area contributed by atoms with Crippen molar-refractivity contribution in [3.05, 3.63) is 70.9 Å². The zero-order valence-corrected chi connectivity index (χ0v) is 11.2. The second-order valence-corrected chi connectivity index (χ2v) is 4.93. The molecule has 5 nitrogen and oxygen atoms in total. The molecule has 0 saturated carbocycles. The Labute approximate surface area is 119 Å². The largest absolute Gasteiger partial charge is 0.350 e. The number of para-hydroxylation sites is 1. The van der Waals surface area contributed by atoms with Crippen LogP contribution in [0.5, 0.6) is 0 Å². The number of nitrogens with zero attached hydrogens (tertiary/aromatic N) is 3. The van der Waals surface area contributed by atoms with E-state index >= 15 is 0 Å². The van der Waals surface area contributed by atoms with E-state index < -0.39 is 0 Å². The lowest BCUT2D eigenvalue weighted by atomic mass is 10.2. The first-order valence-electron chi connectivity index (χ1n) is 6.68. The maximum atomic E-state index is 12.6. The number of rotatable bonds is 2. The summed E-state index contributed by atoms with van der Waals surface area (Å²) in [5, 5.41) is 6.16. The van der Waals surface area contributed by atoms with Crippen molar-refractivity contribution in [1.29, 1.82) is 0 Å². The van der Waals surface area contributed by atoms with Gasteiger partial charge in [-0.15, -0.1) is 0 Å². The fourth-order valence-corrected chi connectivity index (χ4v) is 2.55. The van der Waals surface area contributed by atoms with Crippen molar-refractivity contribution in [2.24, 2.45) is 0 Å². The lowest BCUT2D eigenvalue weighted by molar-refractivity contribution is 0.645. The molecule has 0 spiro atoms. The number of nitrogens with one attached hydrogen (secondary N) is 1. The molecular formula is C16H12N4O. The predicted molar refractivity (Wildman–Crippen MR) is 81.2 cm³/mol. The molecule has 4 rings (SSSR count). The highest BCUT2D eigenvalue weighted by Crippen LogP contribution is 2.21. The first-order chi connectivity index (χ1) is 10.3. The van der Waals surface area contributed by atoms with Crippen LogP contribution in [0.1, 0.15) is 5.56 Å². The molecule has 0 radical (unpaired) electrons. The van der Waals surface area contributed by atoms with E-state index in [0.29, 0.717) is 12.1 Å². The summed E-state index contributed by atoms with van der Waals surface area (Å²) in [4.78, 5) is 19.8. The first kappa shape index (κ1) is 11.8. The fraction of sp³-hybridized carbons (Fsp3) is 0.0625. The maximum absolute atomic E-state index is 12.6. The molecule has 1 aromatic carbocycles. The van der Waals surface area contributed by atoms with E-state index in [9.17, 15) is 4.79 Å². The van der Waals surface area contributed by atoms with Gasteiger partial charge in [0.1, 0.15) is 5.52 Å². The van der Waals surface area contributed by atoms with Crippen LogP contribution in [-0.2, 0) is 6.54 Å². The third kappa shape index (κ3) is 1.90. The highest BCUT2D eigenvalue weighted by Gasteiger charge is 2.10. The Morgan fingerprint density at radius 3 is 2.81 bits per heavy atom. The maximum Gasteiger partial charge on any atom is 0.291 e. The van der Waals surface area contributed by atoms with Crippen LogP contribution >= 0.6 is 0 Å². The third-order valence-corrected chi connectivity index (χ3v) is 3.58. The van der Waals surface area contributed by atoms with Gasteiger partial charge in [-0.25, -0.2) is 4.68 Å². The van der Waals surface area contributed by atoms with Crippen LogP contribution in [0.15, 0.2) is 59.8 Å². The minimum absolute atomic E-state index is 0.118. The molecular weight excluding hydrogens is 264 g/mol. The van der Waals surface area contributed by atoms with Crippen LogP contribution < -0.4 is 5.56 Å². The van der Waals surface area contributed by atoms with E-state index in [1.54, 1.807) is 18.6 Å². The van der Waals surface area contributed by atoms with Crippen molar-refractivity contribution in [3.63, 3.8) is 0 Å². The smallest absolute Gasteiger partial charge is 0.291 e. The molecule has 21 heavy (non-hydrogen) atoms. The number of fused-ring (bicyclic) bond motifs is 3. The Bertz CT molecular complexity index is 985. The fourth-order valence-electron chi connectivity index (χ4n) is 2.55. The molecule has 5 heteroatoms. The van der Waals surface area contributed by atoms with Gasteiger partial charge >= 0.3 is 0 Å². The molecule has 0 atom stereocenters. The summed E-state index contributed by atoms with van der Waals surface area (Å²) in [5.74, 6) is 0. The van der Waals surface area contributed by atoms with Gasteiger partial charge in [-0.2, -0.15) is 5.10 Å². The summed E-state index contributed by atoms with van der Waals surface area (Å²) in [6, 6.07) is 11.6. The minimum atomic E-state index is -0.118. The minimum Gasteiger partial charge on any atom is -0.350 e. The zero-order valence-electron chi connectivity index (χ0n) is 11.2. The van der Waals surface area contributed by atoms with E-state index in [0.717, 1.165) is 21.9 Å². The first-order valence-corrected chi connectivity index (χ1v) is 6.68. The third-order valence-electron chi connectivity index (χ3n) is 3.58.